The van der Waals surface area contributed by atoms with Crippen LogP contribution in [0.4, 0.5) is 4.39 Å². The highest BCUT2D eigenvalue weighted by atomic mass is 35.5. The molecule has 0 amide bonds. The molecule has 1 aliphatic heterocycles. The van der Waals surface area contributed by atoms with E-state index in [0.29, 0.717) is 11.4 Å². The monoisotopic (exact) mass is 241 g/mol. The number of alkyl halides is 1. The highest BCUT2D eigenvalue weighted by Gasteiger charge is 2.35. The first kappa shape index (κ1) is 11.9. The van der Waals surface area contributed by atoms with Crippen LogP contribution in [0.3, 0.4) is 0 Å². The van der Waals surface area contributed by atoms with E-state index in [0.717, 1.165) is 25.1 Å². The molecule has 1 aliphatic rings. The molecule has 1 saturated heterocycles. The van der Waals surface area contributed by atoms with Crippen LogP contribution in [0.2, 0.25) is 5.02 Å². The lowest BCUT2D eigenvalue weighted by atomic mass is 9.85. The zero-order valence-electron chi connectivity index (χ0n) is 9.47. The molecule has 1 heterocycles. The van der Waals surface area contributed by atoms with Gasteiger partial charge in [-0.3, -0.25) is 0 Å². The molecule has 1 aromatic rings. The van der Waals surface area contributed by atoms with Gasteiger partial charge >= 0.3 is 0 Å². The summed E-state index contributed by atoms with van der Waals surface area (Å²) in [7, 11) is 0. The minimum atomic E-state index is -1.13. The van der Waals surface area contributed by atoms with Crippen molar-refractivity contribution in [3.05, 3.63) is 34.9 Å². The van der Waals surface area contributed by atoms with E-state index in [1.807, 2.05) is 24.3 Å². The molecule has 1 aromatic carbocycles. The van der Waals surface area contributed by atoms with Crippen LogP contribution in [0.5, 0.6) is 0 Å². The zero-order chi connectivity index (χ0) is 11.6. The molecule has 3 heteroatoms. The van der Waals surface area contributed by atoms with Gasteiger partial charge in [-0.05, 0) is 37.6 Å². The Morgan fingerprint density at radius 2 is 2.12 bits per heavy atom. The topological polar surface area (TPSA) is 12.0 Å². The van der Waals surface area contributed by atoms with Gasteiger partial charge < -0.3 is 5.32 Å². The standard InChI is InChI=1S/C13H17ClFN/c1-13(15,11-6-7-16-9-11)8-10-2-4-12(14)5-3-10/h2-5,11,16H,6-9H2,1H3. The number of hydrogen-bond donors (Lipinski definition) is 1. The van der Waals surface area contributed by atoms with Crippen molar-refractivity contribution in [3.8, 4) is 0 Å². The Bertz CT molecular complexity index is 341. The molecule has 0 spiro atoms. The van der Waals surface area contributed by atoms with E-state index in [4.69, 9.17) is 11.6 Å². The first-order chi connectivity index (χ1) is 7.58. The highest BCUT2D eigenvalue weighted by Crippen LogP contribution is 2.31. The summed E-state index contributed by atoms with van der Waals surface area (Å²) in [6, 6.07) is 7.45. The van der Waals surface area contributed by atoms with Crippen LogP contribution in [0.15, 0.2) is 24.3 Å². The summed E-state index contributed by atoms with van der Waals surface area (Å²) in [5.41, 5.74) is -0.113. The van der Waals surface area contributed by atoms with Crippen LogP contribution in [-0.4, -0.2) is 18.8 Å². The third kappa shape index (κ3) is 2.74. The fourth-order valence-electron chi connectivity index (χ4n) is 2.31. The first-order valence-electron chi connectivity index (χ1n) is 5.72. The van der Waals surface area contributed by atoms with Gasteiger partial charge in [-0.15, -0.1) is 0 Å². The summed E-state index contributed by atoms with van der Waals surface area (Å²) < 4.78 is 14.5. The van der Waals surface area contributed by atoms with Crippen LogP contribution in [0, 0.1) is 5.92 Å². The molecule has 16 heavy (non-hydrogen) atoms. The average Bonchev–Trinajstić information content (AvgIpc) is 2.75. The Kier molecular flexibility index (Phi) is 3.50. The van der Waals surface area contributed by atoms with Crippen molar-refractivity contribution in [2.75, 3.05) is 13.1 Å². The SMILES string of the molecule is CC(F)(Cc1ccc(Cl)cc1)C1CCNC1. The van der Waals surface area contributed by atoms with E-state index < -0.39 is 5.67 Å². The number of rotatable bonds is 3. The smallest absolute Gasteiger partial charge is 0.116 e. The normalized spacial score (nSPS) is 24.3. The van der Waals surface area contributed by atoms with Crippen molar-refractivity contribution >= 4 is 11.6 Å². The van der Waals surface area contributed by atoms with Gasteiger partial charge in [-0.1, -0.05) is 23.7 Å². The molecule has 0 aromatic heterocycles. The first-order valence-corrected chi connectivity index (χ1v) is 6.10. The molecule has 2 atom stereocenters. The Morgan fingerprint density at radius 1 is 1.44 bits per heavy atom. The predicted molar refractivity (Wildman–Crippen MR) is 65.6 cm³/mol. The quantitative estimate of drug-likeness (QED) is 0.857. The minimum Gasteiger partial charge on any atom is -0.316 e. The zero-order valence-corrected chi connectivity index (χ0v) is 10.2. The van der Waals surface area contributed by atoms with Gasteiger partial charge in [0.15, 0.2) is 0 Å². The maximum atomic E-state index is 14.5. The van der Waals surface area contributed by atoms with E-state index in [1.165, 1.54) is 0 Å². The molecular formula is C13H17ClFN. The molecule has 0 aliphatic carbocycles. The van der Waals surface area contributed by atoms with Crippen LogP contribution >= 0.6 is 11.6 Å². The second kappa shape index (κ2) is 4.72. The number of benzene rings is 1. The number of nitrogens with one attached hydrogen (secondary N) is 1. The molecule has 1 fully saturated rings. The lowest BCUT2D eigenvalue weighted by Crippen LogP contribution is -2.33. The molecule has 2 rings (SSSR count). The Morgan fingerprint density at radius 3 is 2.69 bits per heavy atom. The number of hydrogen-bond acceptors (Lipinski definition) is 1. The molecule has 0 saturated carbocycles. The lowest BCUT2D eigenvalue weighted by Gasteiger charge is -2.26. The maximum Gasteiger partial charge on any atom is 0.116 e. The summed E-state index contributed by atoms with van der Waals surface area (Å²) in [5.74, 6) is 0.128. The molecule has 1 N–H and O–H groups in total. The Labute approximate surface area is 101 Å². The van der Waals surface area contributed by atoms with E-state index >= 15 is 0 Å². The molecule has 88 valence electrons. The van der Waals surface area contributed by atoms with Gasteiger partial charge in [-0.2, -0.15) is 0 Å². The fourth-order valence-corrected chi connectivity index (χ4v) is 2.44. The van der Waals surface area contributed by atoms with Gasteiger partial charge in [0.2, 0.25) is 0 Å². The number of halogens is 2. The Hall–Kier alpha value is -0.600. The third-order valence-electron chi connectivity index (χ3n) is 3.37. The minimum absolute atomic E-state index is 0.128. The van der Waals surface area contributed by atoms with E-state index in [-0.39, 0.29) is 5.92 Å². The summed E-state index contributed by atoms with van der Waals surface area (Å²) >= 11 is 5.81. The van der Waals surface area contributed by atoms with Crippen LogP contribution < -0.4 is 5.32 Å². The van der Waals surface area contributed by atoms with Crippen LogP contribution in [-0.2, 0) is 6.42 Å². The summed E-state index contributed by atoms with van der Waals surface area (Å²) in [5, 5.41) is 3.91. The van der Waals surface area contributed by atoms with Crippen molar-refractivity contribution in [1.29, 1.82) is 0 Å². The van der Waals surface area contributed by atoms with Gasteiger partial charge in [-0.25, -0.2) is 4.39 Å². The van der Waals surface area contributed by atoms with Crippen molar-refractivity contribution < 1.29 is 4.39 Å². The predicted octanol–water partition coefficient (Wildman–Crippen LogP) is 3.22. The van der Waals surface area contributed by atoms with Crippen molar-refractivity contribution in [2.24, 2.45) is 5.92 Å². The molecular weight excluding hydrogens is 225 g/mol. The van der Waals surface area contributed by atoms with Crippen molar-refractivity contribution in [1.82, 2.24) is 5.32 Å². The van der Waals surface area contributed by atoms with E-state index in [2.05, 4.69) is 5.32 Å². The molecule has 2 unspecified atom stereocenters. The molecule has 0 bridgehead atoms. The molecule has 0 radical (unpaired) electrons. The van der Waals surface area contributed by atoms with Crippen LogP contribution in [0.1, 0.15) is 18.9 Å². The van der Waals surface area contributed by atoms with Crippen molar-refractivity contribution in [3.63, 3.8) is 0 Å². The molecule has 1 nitrogen and oxygen atoms in total. The van der Waals surface area contributed by atoms with Gasteiger partial charge in [0.1, 0.15) is 5.67 Å². The summed E-state index contributed by atoms with van der Waals surface area (Å²) in [6.45, 7) is 3.44. The van der Waals surface area contributed by atoms with Gasteiger partial charge in [0, 0.05) is 23.9 Å². The second-order valence-corrected chi connectivity index (χ2v) is 5.21. The van der Waals surface area contributed by atoms with Crippen LogP contribution in [0.25, 0.3) is 0 Å². The van der Waals surface area contributed by atoms with E-state index in [1.54, 1.807) is 6.92 Å². The summed E-state index contributed by atoms with van der Waals surface area (Å²) in [4.78, 5) is 0. The highest BCUT2D eigenvalue weighted by molar-refractivity contribution is 6.30. The van der Waals surface area contributed by atoms with Gasteiger partial charge in [0.05, 0.1) is 0 Å². The maximum absolute atomic E-state index is 14.5. The van der Waals surface area contributed by atoms with Crippen molar-refractivity contribution in [2.45, 2.75) is 25.4 Å². The third-order valence-corrected chi connectivity index (χ3v) is 3.63. The largest absolute Gasteiger partial charge is 0.316 e. The lowest BCUT2D eigenvalue weighted by molar-refractivity contribution is 0.113. The second-order valence-electron chi connectivity index (χ2n) is 4.77. The fraction of sp³-hybridized carbons (Fsp3) is 0.538. The average molecular weight is 242 g/mol. The van der Waals surface area contributed by atoms with E-state index in [9.17, 15) is 4.39 Å². The van der Waals surface area contributed by atoms with Gasteiger partial charge in [0.25, 0.3) is 0 Å². The summed E-state index contributed by atoms with van der Waals surface area (Å²) in [6.07, 6.45) is 1.40. The Balaban J connectivity index is 2.04.